The van der Waals surface area contributed by atoms with Crippen LogP contribution in [0.3, 0.4) is 0 Å². The Hall–Kier alpha value is -3.67. The van der Waals surface area contributed by atoms with Crippen molar-refractivity contribution in [2.45, 2.75) is 57.3 Å². The highest BCUT2D eigenvalue weighted by Crippen LogP contribution is 2.35. The molecule has 0 bridgehead atoms. The van der Waals surface area contributed by atoms with Gasteiger partial charge in [-0.05, 0) is 56.0 Å². The van der Waals surface area contributed by atoms with E-state index in [2.05, 4.69) is 20.2 Å². The third-order valence-corrected chi connectivity index (χ3v) is 6.88. The van der Waals surface area contributed by atoms with E-state index >= 15 is 0 Å². The van der Waals surface area contributed by atoms with E-state index in [0.717, 1.165) is 50.9 Å². The number of carbonyl (C=O) groups is 1. The fourth-order valence-electron chi connectivity index (χ4n) is 5.08. The summed E-state index contributed by atoms with van der Waals surface area (Å²) in [5, 5.41) is 3.07. The Morgan fingerprint density at radius 1 is 1.14 bits per heavy atom. The summed E-state index contributed by atoms with van der Waals surface area (Å²) in [5.41, 5.74) is 7.68. The van der Waals surface area contributed by atoms with E-state index < -0.39 is 18.0 Å². The van der Waals surface area contributed by atoms with Gasteiger partial charge in [0.1, 0.15) is 0 Å². The fourth-order valence-corrected chi connectivity index (χ4v) is 5.08. The Bertz CT molecular complexity index is 1380. The molecule has 2 aromatic heterocycles. The van der Waals surface area contributed by atoms with Crippen LogP contribution in [-0.2, 0) is 4.79 Å². The largest absolute Gasteiger partial charge is 0.491 e. The minimum absolute atomic E-state index is 0.0924. The van der Waals surface area contributed by atoms with Crippen LogP contribution in [-0.4, -0.2) is 45.8 Å². The first-order valence-electron chi connectivity index (χ1n) is 12.2. The maximum absolute atomic E-state index is 13.1. The van der Waals surface area contributed by atoms with Gasteiger partial charge in [-0.2, -0.15) is 23.1 Å². The van der Waals surface area contributed by atoms with E-state index in [1.807, 2.05) is 12.1 Å². The molecule has 1 saturated heterocycles. The molecule has 1 atom stereocenters. The molecule has 1 aromatic carbocycles. The lowest BCUT2D eigenvalue weighted by Crippen LogP contribution is -2.29. The molecule has 1 aliphatic heterocycles. The number of aromatic nitrogens is 3. The van der Waals surface area contributed by atoms with E-state index in [0.29, 0.717) is 11.3 Å². The molecular formula is C25H27F3N6O3. The highest BCUT2D eigenvalue weighted by atomic mass is 19.4. The van der Waals surface area contributed by atoms with Gasteiger partial charge in [0.25, 0.3) is 5.56 Å². The van der Waals surface area contributed by atoms with Crippen molar-refractivity contribution < 1.29 is 22.7 Å². The SMILES string of the molecule is Cc1cc(=O)n(C2CCCC2)c2nc(Nc3ccc(N4CCC(N)C4)cc3)nc(OC(=O)C(F)(F)F)c12. The summed E-state index contributed by atoms with van der Waals surface area (Å²) in [6, 6.07) is 8.64. The lowest BCUT2D eigenvalue weighted by Gasteiger charge is -2.20. The Labute approximate surface area is 210 Å². The molecule has 2 aliphatic rings. The summed E-state index contributed by atoms with van der Waals surface area (Å²) in [6.45, 7) is 3.16. The molecule has 3 heterocycles. The lowest BCUT2D eigenvalue weighted by atomic mass is 10.1. The van der Waals surface area contributed by atoms with Crippen LogP contribution < -0.4 is 26.2 Å². The van der Waals surface area contributed by atoms with Crippen LogP contribution in [0.5, 0.6) is 5.88 Å². The topological polar surface area (TPSA) is 115 Å². The van der Waals surface area contributed by atoms with E-state index in [9.17, 15) is 22.8 Å². The van der Waals surface area contributed by atoms with Gasteiger partial charge in [-0.3, -0.25) is 9.36 Å². The second kappa shape index (κ2) is 9.66. The summed E-state index contributed by atoms with van der Waals surface area (Å²) in [6.07, 6.45) is -0.979. The van der Waals surface area contributed by atoms with Gasteiger partial charge in [-0.25, -0.2) is 4.79 Å². The third kappa shape index (κ3) is 5.10. The van der Waals surface area contributed by atoms with Crippen molar-refractivity contribution in [1.82, 2.24) is 14.5 Å². The van der Waals surface area contributed by atoms with Crippen molar-refractivity contribution in [3.05, 3.63) is 46.2 Å². The summed E-state index contributed by atoms with van der Waals surface area (Å²) in [4.78, 5) is 35.5. The Morgan fingerprint density at radius 2 is 1.84 bits per heavy atom. The van der Waals surface area contributed by atoms with Gasteiger partial charge in [0.2, 0.25) is 11.8 Å². The van der Waals surface area contributed by atoms with Crippen molar-refractivity contribution in [3.63, 3.8) is 0 Å². The molecule has 1 aliphatic carbocycles. The first-order valence-corrected chi connectivity index (χ1v) is 12.2. The van der Waals surface area contributed by atoms with E-state index in [-0.39, 0.29) is 34.6 Å². The zero-order valence-electron chi connectivity index (χ0n) is 20.2. The first kappa shape index (κ1) is 25.0. The third-order valence-electron chi connectivity index (χ3n) is 6.88. The number of fused-ring (bicyclic) bond motifs is 1. The van der Waals surface area contributed by atoms with Gasteiger partial charge in [0, 0.05) is 42.6 Å². The van der Waals surface area contributed by atoms with Crippen molar-refractivity contribution in [1.29, 1.82) is 0 Å². The molecule has 0 spiro atoms. The second-order valence-electron chi connectivity index (χ2n) is 9.58. The van der Waals surface area contributed by atoms with Crippen molar-refractivity contribution in [3.8, 4) is 5.88 Å². The number of halogens is 3. The lowest BCUT2D eigenvalue weighted by molar-refractivity contribution is -0.189. The van der Waals surface area contributed by atoms with Gasteiger partial charge in [-0.1, -0.05) is 12.8 Å². The summed E-state index contributed by atoms with van der Waals surface area (Å²) in [5.74, 6) is -3.04. The molecule has 12 heteroatoms. The van der Waals surface area contributed by atoms with Crippen LogP contribution in [0.2, 0.25) is 0 Å². The minimum atomic E-state index is -5.22. The number of hydrogen-bond donors (Lipinski definition) is 2. The molecule has 1 saturated carbocycles. The molecule has 3 N–H and O–H groups in total. The van der Waals surface area contributed by atoms with Crippen LogP contribution in [0.25, 0.3) is 11.0 Å². The number of rotatable bonds is 5. The van der Waals surface area contributed by atoms with Crippen LogP contribution in [0.4, 0.5) is 30.5 Å². The van der Waals surface area contributed by atoms with Crippen molar-refractivity contribution >= 4 is 34.3 Å². The molecule has 37 heavy (non-hydrogen) atoms. The number of aryl methyl sites for hydroxylation is 1. The zero-order valence-corrected chi connectivity index (χ0v) is 20.2. The van der Waals surface area contributed by atoms with Crippen LogP contribution in [0.1, 0.15) is 43.7 Å². The van der Waals surface area contributed by atoms with E-state index in [1.54, 1.807) is 19.1 Å². The van der Waals surface area contributed by atoms with Gasteiger partial charge < -0.3 is 20.7 Å². The first-order chi connectivity index (χ1) is 17.6. The predicted molar refractivity (Wildman–Crippen MR) is 132 cm³/mol. The standard InChI is InChI=1S/C25H27F3N6O3/c1-14-12-19(35)34(18-4-2-3-5-18)21-20(14)22(37-23(36)25(26,27)28)32-24(31-21)30-16-6-8-17(9-7-16)33-11-10-15(29)13-33/h6-9,12,15,18H,2-5,10-11,13,29H2,1H3,(H,30,31,32). The summed E-state index contributed by atoms with van der Waals surface area (Å²) >= 11 is 0. The highest BCUT2D eigenvalue weighted by molar-refractivity contribution is 5.89. The number of nitrogens with one attached hydrogen (secondary N) is 1. The average molecular weight is 517 g/mol. The monoisotopic (exact) mass is 516 g/mol. The number of ether oxygens (including phenoxy) is 1. The summed E-state index contributed by atoms with van der Waals surface area (Å²) < 4.78 is 45.4. The van der Waals surface area contributed by atoms with Crippen molar-refractivity contribution in [2.24, 2.45) is 5.73 Å². The quantitative estimate of drug-likeness (QED) is 0.490. The molecule has 0 radical (unpaired) electrons. The molecule has 9 nitrogen and oxygen atoms in total. The Balaban J connectivity index is 1.57. The van der Waals surface area contributed by atoms with Gasteiger partial charge in [-0.15, -0.1) is 0 Å². The molecular weight excluding hydrogens is 489 g/mol. The number of alkyl halides is 3. The highest BCUT2D eigenvalue weighted by Gasteiger charge is 2.42. The van der Waals surface area contributed by atoms with Crippen LogP contribution >= 0.6 is 0 Å². The smallest absolute Gasteiger partial charge is 0.400 e. The number of carbonyl (C=O) groups excluding carboxylic acids is 1. The average Bonchev–Trinajstić information content (AvgIpc) is 3.51. The molecule has 1 unspecified atom stereocenters. The molecule has 2 fully saturated rings. The number of nitrogens with two attached hydrogens (primary N) is 1. The number of benzene rings is 1. The predicted octanol–water partition coefficient (Wildman–Crippen LogP) is 3.96. The second-order valence-corrected chi connectivity index (χ2v) is 9.58. The normalized spacial score (nSPS) is 18.5. The fraction of sp³-hybridized carbons (Fsp3) is 0.440. The molecule has 3 aromatic rings. The number of esters is 1. The maximum Gasteiger partial charge on any atom is 0.491 e. The zero-order chi connectivity index (χ0) is 26.3. The van der Waals surface area contributed by atoms with Gasteiger partial charge in [0.05, 0.1) is 5.39 Å². The molecule has 5 rings (SSSR count). The number of pyridine rings is 1. The maximum atomic E-state index is 13.1. The Morgan fingerprint density at radius 3 is 2.46 bits per heavy atom. The van der Waals surface area contributed by atoms with Crippen molar-refractivity contribution in [2.75, 3.05) is 23.3 Å². The number of anilines is 3. The minimum Gasteiger partial charge on any atom is -0.400 e. The van der Waals surface area contributed by atoms with Crippen LogP contribution in [0, 0.1) is 6.92 Å². The van der Waals surface area contributed by atoms with Crippen LogP contribution in [0.15, 0.2) is 35.1 Å². The number of nitrogens with zero attached hydrogens (tertiary/aromatic N) is 4. The van der Waals surface area contributed by atoms with Gasteiger partial charge in [0.15, 0.2) is 5.65 Å². The number of hydrogen-bond acceptors (Lipinski definition) is 8. The van der Waals surface area contributed by atoms with E-state index in [1.165, 1.54) is 10.6 Å². The Kier molecular flexibility index (Phi) is 6.52. The molecule has 0 amide bonds. The molecule has 196 valence electrons. The summed E-state index contributed by atoms with van der Waals surface area (Å²) in [7, 11) is 0. The van der Waals surface area contributed by atoms with Gasteiger partial charge >= 0.3 is 12.1 Å². The van der Waals surface area contributed by atoms with E-state index in [4.69, 9.17) is 10.5 Å².